The minimum Gasteiger partial charge on any atom is -0.503 e. The molecule has 10 nitrogen and oxygen atoms in total. The Morgan fingerprint density at radius 2 is 1.39 bits per heavy atom. The van der Waals surface area contributed by atoms with Gasteiger partial charge in [-0.05, 0) is 24.3 Å². The van der Waals surface area contributed by atoms with Gasteiger partial charge in [-0.2, -0.15) is 0 Å². The van der Waals surface area contributed by atoms with E-state index in [-0.39, 0.29) is 41.9 Å². The summed E-state index contributed by atoms with van der Waals surface area (Å²) in [5.74, 6) is -1.01. The minimum atomic E-state index is -0.609. The maximum atomic E-state index is 11.8. The molecule has 2 heterocycles. The summed E-state index contributed by atoms with van der Waals surface area (Å²) in [5.41, 5.74) is -1.06. The summed E-state index contributed by atoms with van der Waals surface area (Å²) >= 11 is 0. The predicted octanol–water partition coefficient (Wildman–Crippen LogP) is -1.63. The van der Waals surface area contributed by atoms with Gasteiger partial charge in [-0.15, -0.1) is 0 Å². The smallest absolute Gasteiger partial charge is 0.293 e. The van der Waals surface area contributed by atoms with E-state index in [1.807, 2.05) is 0 Å². The van der Waals surface area contributed by atoms with Crippen molar-refractivity contribution in [3.63, 3.8) is 0 Å². The molecule has 1 amide bonds. The van der Waals surface area contributed by atoms with Gasteiger partial charge in [0.25, 0.3) is 11.1 Å². The number of amides is 1. The Morgan fingerprint density at radius 3 is 2.07 bits per heavy atom. The van der Waals surface area contributed by atoms with E-state index in [1.165, 1.54) is 29.0 Å². The summed E-state index contributed by atoms with van der Waals surface area (Å²) in [7, 11) is 0. The largest absolute Gasteiger partial charge is 0.503 e. The average molecular weight is 433 g/mol. The molecule has 5 N–H and O–H groups in total. The zero-order valence-corrected chi connectivity index (χ0v) is 16.2. The molecule has 154 valence electrons. The first-order valence-corrected chi connectivity index (χ1v) is 8.44. The van der Waals surface area contributed by atoms with Gasteiger partial charge in [0.2, 0.25) is 5.91 Å². The van der Waals surface area contributed by atoms with Crippen molar-refractivity contribution in [3.05, 3.63) is 57.4 Å². The van der Waals surface area contributed by atoms with Crippen LogP contribution < -0.4 is 27.1 Å². The van der Waals surface area contributed by atoms with Crippen LogP contribution in [-0.2, 0) is 35.1 Å². The van der Waals surface area contributed by atoms with Gasteiger partial charge in [-0.3, -0.25) is 24.3 Å². The van der Waals surface area contributed by atoms with Crippen LogP contribution >= 0.6 is 0 Å². The maximum Gasteiger partial charge on any atom is 0.293 e. The van der Waals surface area contributed by atoms with Crippen molar-refractivity contribution in [3.8, 4) is 11.5 Å². The van der Waals surface area contributed by atoms with Crippen molar-refractivity contribution in [1.29, 1.82) is 0 Å². The first kappa shape index (κ1) is 23.4. The molecule has 0 fully saturated rings. The van der Waals surface area contributed by atoms with Gasteiger partial charge in [-0.25, -0.2) is 0 Å². The SMILES string of the molecule is O=C(Cn1cccc(O)c1=O)NCCNCCNCn1cccc(O)c1=O.[Fe]. The van der Waals surface area contributed by atoms with E-state index in [1.54, 1.807) is 12.3 Å². The third kappa shape index (κ3) is 7.20. The number of pyridine rings is 2. The summed E-state index contributed by atoms with van der Waals surface area (Å²) in [4.78, 5) is 35.0. The number of nitrogens with zero attached hydrogens (tertiary/aromatic N) is 2. The molecule has 0 bridgehead atoms. The topological polar surface area (TPSA) is 138 Å². The van der Waals surface area contributed by atoms with E-state index >= 15 is 0 Å². The van der Waals surface area contributed by atoms with Crippen LogP contribution in [0.2, 0.25) is 0 Å². The van der Waals surface area contributed by atoms with E-state index in [2.05, 4.69) is 16.0 Å². The molecule has 0 saturated heterocycles. The second-order valence-corrected chi connectivity index (χ2v) is 5.75. The molecule has 0 unspecified atom stereocenters. The van der Waals surface area contributed by atoms with Gasteiger partial charge in [0.1, 0.15) is 6.54 Å². The van der Waals surface area contributed by atoms with Crippen LogP contribution in [0.1, 0.15) is 0 Å². The molecule has 0 atom stereocenters. The molecule has 0 saturated carbocycles. The Labute approximate surface area is 171 Å². The van der Waals surface area contributed by atoms with Crippen LogP contribution in [0.15, 0.2) is 46.2 Å². The fourth-order valence-electron chi connectivity index (χ4n) is 2.30. The van der Waals surface area contributed by atoms with Crippen molar-refractivity contribution < 1.29 is 32.1 Å². The fraction of sp³-hybridized carbons (Fsp3) is 0.353. The molecule has 0 radical (unpaired) electrons. The summed E-state index contributed by atoms with van der Waals surface area (Å²) in [6.07, 6.45) is 3.01. The zero-order valence-electron chi connectivity index (χ0n) is 15.1. The maximum absolute atomic E-state index is 11.8. The van der Waals surface area contributed by atoms with Crippen LogP contribution in [0.4, 0.5) is 0 Å². The normalized spacial score (nSPS) is 10.3. The van der Waals surface area contributed by atoms with Crippen molar-refractivity contribution in [1.82, 2.24) is 25.1 Å². The third-order valence-electron chi connectivity index (χ3n) is 3.70. The molecule has 0 aliphatic heterocycles. The van der Waals surface area contributed by atoms with E-state index in [0.29, 0.717) is 26.2 Å². The standard InChI is InChI=1S/C17H23N5O5.Fe/c23-13-3-1-9-21(16(13)26)11-15(25)20-8-7-18-5-6-19-12-22-10-2-4-14(24)17(22)27;/h1-4,9-10,18-19,23-24H,5-8,11-12H2,(H,20,25);. The van der Waals surface area contributed by atoms with Gasteiger partial charge in [0.15, 0.2) is 11.5 Å². The zero-order chi connectivity index (χ0) is 19.6. The molecule has 0 aromatic carbocycles. The Balaban J connectivity index is 0.00000392. The second kappa shape index (κ2) is 12.0. The molecule has 28 heavy (non-hydrogen) atoms. The predicted molar refractivity (Wildman–Crippen MR) is 98.6 cm³/mol. The molecule has 2 rings (SSSR count). The molecule has 11 heteroatoms. The Morgan fingerprint density at radius 1 is 0.857 bits per heavy atom. The third-order valence-corrected chi connectivity index (χ3v) is 3.70. The van der Waals surface area contributed by atoms with E-state index in [4.69, 9.17) is 0 Å². The number of carbonyl (C=O) groups excluding carboxylic acids is 1. The minimum absolute atomic E-state index is 0. The number of carbonyl (C=O) groups is 1. The Hall–Kier alpha value is -2.59. The van der Waals surface area contributed by atoms with Gasteiger partial charge < -0.3 is 25.4 Å². The first-order chi connectivity index (χ1) is 13.0. The number of aromatic nitrogens is 2. The van der Waals surface area contributed by atoms with Crippen LogP contribution in [0, 0.1) is 0 Å². The monoisotopic (exact) mass is 433 g/mol. The quantitative estimate of drug-likeness (QED) is 0.224. The van der Waals surface area contributed by atoms with Gasteiger partial charge in [0.05, 0.1) is 6.67 Å². The second-order valence-electron chi connectivity index (χ2n) is 5.75. The van der Waals surface area contributed by atoms with Gasteiger partial charge >= 0.3 is 0 Å². The number of nitrogens with one attached hydrogen (secondary N) is 3. The van der Waals surface area contributed by atoms with Crippen molar-refractivity contribution in [2.24, 2.45) is 0 Å². The van der Waals surface area contributed by atoms with Crippen LogP contribution in [-0.4, -0.2) is 51.4 Å². The Bertz CT molecular complexity index is 883. The molecule has 2 aromatic heterocycles. The summed E-state index contributed by atoms with van der Waals surface area (Å²) in [6.45, 7) is 2.26. The number of hydrogen-bond acceptors (Lipinski definition) is 7. The van der Waals surface area contributed by atoms with Crippen molar-refractivity contribution in [2.75, 3.05) is 26.2 Å². The summed E-state index contributed by atoms with van der Waals surface area (Å²) in [5, 5.41) is 27.5. The van der Waals surface area contributed by atoms with Gasteiger partial charge in [0, 0.05) is 55.6 Å². The van der Waals surface area contributed by atoms with Crippen LogP contribution in [0.25, 0.3) is 0 Å². The average Bonchev–Trinajstić information content (AvgIpc) is 2.64. The number of hydrogen-bond donors (Lipinski definition) is 5. The van der Waals surface area contributed by atoms with Gasteiger partial charge in [-0.1, -0.05) is 0 Å². The molecular formula is C17H23FeN5O5. The first-order valence-electron chi connectivity index (χ1n) is 8.44. The molecule has 0 aliphatic rings. The summed E-state index contributed by atoms with van der Waals surface area (Å²) in [6, 6.07) is 5.69. The van der Waals surface area contributed by atoms with Crippen molar-refractivity contribution >= 4 is 5.91 Å². The molecular weight excluding hydrogens is 410 g/mol. The van der Waals surface area contributed by atoms with Crippen LogP contribution in [0.3, 0.4) is 0 Å². The van der Waals surface area contributed by atoms with E-state index < -0.39 is 16.9 Å². The van der Waals surface area contributed by atoms with E-state index in [9.17, 15) is 24.6 Å². The van der Waals surface area contributed by atoms with Crippen molar-refractivity contribution in [2.45, 2.75) is 13.2 Å². The molecule has 0 aliphatic carbocycles. The fourth-order valence-corrected chi connectivity index (χ4v) is 2.30. The molecule has 2 aromatic rings. The van der Waals surface area contributed by atoms with Crippen LogP contribution in [0.5, 0.6) is 11.5 Å². The summed E-state index contributed by atoms with van der Waals surface area (Å²) < 4.78 is 2.49. The number of aromatic hydroxyl groups is 2. The van der Waals surface area contributed by atoms with E-state index in [0.717, 1.165) is 4.57 Å². The number of rotatable bonds is 10. The Kier molecular flexibility index (Phi) is 10.0. The molecule has 0 spiro atoms.